The summed E-state index contributed by atoms with van der Waals surface area (Å²) in [4.78, 5) is 38.3. The molecule has 5 aromatic rings. The van der Waals surface area contributed by atoms with Crippen molar-refractivity contribution in [1.29, 1.82) is 5.26 Å². The number of ether oxygens (including phenoxy) is 1. The Balaban J connectivity index is 1.60. The molecule has 4 heterocycles. The van der Waals surface area contributed by atoms with Crippen LogP contribution in [0.1, 0.15) is 30.3 Å². The average Bonchev–Trinajstić information content (AvgIpc) is 3.47. The number of hydrogen-bond acceptors (Lipinski definition) is 10. The first kappa shape index (κ1) is 24.0. The van der Waals surface area contributed by atoms with E-state index in [9.17, 15) is 10.1 Å². The number of benzene rings is 2. The normalized spacial score (nSPS) is 14.9. The van der Waals surface area contributed by atoms with Crippen LogP contribution in [0, 0.1) is 11.3 Å². The molecule has 0 bridgehead atoms. The molecule has 11 heteroatoms. The van der Waals surface area contributed by atoms with Gasteiger partial charge in [-0.15, -0.1) is 0 Å². The molecule has 1 atom stereocenters. The third-order valence-electron chi connectivity index (χ3n) is 6.85. The number of methoxy groups -OCH3 is 1. The van der Waals surface area contributed by atoms with Crippen molar-refractivity contribution in [3.63, 3.8) is 0 Å². The smallest absolute Gasteiger partial charge is 0.316 e. The van der Waals surface area contributed by atoms with Crippen LogP contribution in [-0.4, -0.2) is 43.1 Å². The topological polar surface area (TPSA) is 149 Å². The Bertz CT molecular complexity index is 1780. The maximum absolute atomic E-state index is 14.4. The Hall–Kier alpha value is -5.37. The number of para-hydroxylation sites is 1. The molecule has 1 saturated heterocycles. The second kappa shape index (κ2) is 9.83. The number of anilines is 2. The van der Waals surface area contributed by atoms with E-state index in [1.54, 1.807) is 17.0 Å². The Labute approximate surface area is 223 Å². The van der Waals surface area contributed by atoms with Gasteiger partial charge in [0.1, 0.15) is 29.6 Å². The first-order valence-electron chi connectivity index (χ1n) is 12.4. The van der Waals surface area contributed by atoms with Crippen molar-refractivity contribution in [3.05, 3.63) is 89.0 Å². The van der Waals surface area contributed by atoms with E-state index >= 15 is 0 Å². The highest BCUT2D eigenvalue weighted by Gasteiger charge is 2.34. The van der Waals surface area contributed by atoms with Crippen LogP contribution in [0.25, 0.3) is 27.7 Å². The van der Waals surface area contributed by atoms with E-state index in [4.69, 9.17) is 15.5 Å². The molecule has 0 spiro atoms. The predicted octanol–water partition coefficient (Wildman–Crippen LogP) is 3.44. The summed E-state index contributed by atoms with van der Waals surface area (Å²) in [5.41, 5.74) is 8.56. The molecule has 11 nitrogen and oxygen atoms in total. The number of fused-ring (bicyclic) bond motifs is 1. The van der Waals surface area contributed by atoms with Gasteiger partial charge in [-0.3, -0.25) is 9.36 Å². The molecule has 1 aliphatic heterocycles. The lowest BCUT2D eigenvalue weighted by Gasteiger charge is -2.28. The van der Waals surface area contributed by atoms with Gasteiger partial charge in [-0.05, 0) is 36.6 Å². The van der Waals surface area contributed by atoms with E-state index in [1.807, 2.05) is 53.4 Å². The van der Waals surface area contributed by atoms with E-state index in [1.165, 1.54) is 13.4 Å². The number of nitrogens with two attached hydrogens (primary N) is 1. The summed E-state index contributed by atoms with van der Waals surface area (Å²) in [7, 11) is 1.50. The summed E-state index contributed by atoms with van der Waals surface area (Å²) in [5, 5.41) is 10.2. The summed E-state index contributed by atoms with van der Waals surface area (Å²) in [6.07, 6.45) is 6.14. The second-order valence-corrected chi connectivity index (χ2v) is 9.02. The third-order valence-corrected chi connectivity index (χ3v) is 6.85. The Kier molecular flexibility index (Phi) is 6.05. The van der Waals surface area contributed by atoms with E-state index in [0.717, 1.165) is 6.42 Å². The maximum Gasteiger partial charge on any atom is 0.316 e. The summed E-state index contributed by atoms with van der Waals surface area (Å²) >= 11 is 0. The minimum Gasteiger partial charge on any atom is -0.467 e. The van der Waals surface area contributed by atoms with Crippen molar-refractivity contribution in [2.45, 2.75) is 18.9 Å². The van der Waals surface area contributed by atoms with E-state index in [-0.39, 0.29) is 29.0 Å². The first-order valence-corrected chi connectivity index (χ1v) is 12.4. The Morgan fingerprint density at radius 2 is 1.85 bits per heavy atom. The Morgan fingerprint density at radius 3 is 2.59 bits per heavy atom. The van der Waals surface area contributed by atoms with Gasteiger partial charge in [0.25, 0.3) is 5.56 Å². The van der Waals surface area contributed by atoms with Crippen LogP contribution in [0.3, 0.4) is 0 Å². The van der Waals surface area contributed by atoms with Crippen molar-refractivity contribution in [2.75, 3.05) is 24.3 Å². The minimum atomic E-state index is -0.323. The van der Waals surface area contributed by atoms with Gasteiger partial charge in [-0.25, -0.2) is 24.9 Å². The van der Waals surface area contributed by atoms with Crippen LogP contribution in [0.4, 0.5) is 11.6 Å². The molecule has 0 saturated carbocycles. The average molecular weight is 518 g/mol. The monoisotopic (exact) mass is 517 g/mol. The third kappa shape index (κ3) is 4.08. The maximum atomic E-state index is 14.4. The molecule has 0 unspecified atom stereocenters. The fourth-order valence-electron chi connectivity index (χ4n) is 5.10. The zero-order valence-corrected chi connectivity index (χ0v) is 21.0. The molecule has 192 valence electrons. The summed E-state index contributed by atoms with van der Waals surface area (Å²) in [5.74, 6) is 1.11. The molecule has 0 aliphatic carbocycles. The van der Waals surface area contributed by atoms with Gasteiger partial charge in [0.05, 0.1) is 29.7 Å². The van der Waals surface area contributed by atoms with Gasteiger partial charge in [0.2, 0.25) is 0 Å². The van der Waals surface area contributed by atoms with E-state index < -0.39 is 0 Å². The van der Waals surface area contributed by atoms with Gasteiger partial charge >= 0.3 is 6.01 Å². The fourth-order valence-corrected chi connectivity index (χ4v) is 5.10. The van der Waals surface area contributed by atoms with Crippen molar-refractivity contribution in [3.8, 4) is 28.9 Å². The van der Waals surface area contributed by atoms with Crippen LogP contribution < -0.4 is 20.9 Å². The van der Waals surface area contributed by atoms with E-state index in [0.29, 0.717) is 52.3 Å². The summed E-state index contributed by atoms with van der Waals surface area (Å²) in [6, 6.07) is 17.0. The molecule has 39 heavy (non-hydrogen) atoms. The van der Waals surface area contributed by atoms with Crippen LogP contribution in [0.15, 0.2) is 72.0 Å². The lowest BCUT2D eigenvalue weighted by Crippen LogP contribution is -2.32. The Morgan fingerprint density at radius 1 is 1.05 bits per heavy atom. The van der Waals surface area contributed by atoms with Gasteiger partial charge < -0.3 is 15.4 Å². The largest absolute Gasteiger partial charge is 0.467 e. The molecule has 2 aromatic carbocycles. The minimum absolute atomic E-state index is 0.117. The molecule has 1 aliphatic rings. The predicted molar refractivity (Wildman–Crippen MR) is 145 cm³/mol. The van der Waals surface area contributed by atoms with Crippen LogP contribution in [0.2, 0.25) is 0 Å². The molecular formula is C28H23N9O2. The van der Waals surface area contributed by atoms with Crippen molar-refractivity contribution >= 4 is 22.5 Å². The highest BCUT2D eigenvalue weighted by molar-refractivity contribution is 5.94. The van der Waals surface area contributed by atoms with Gasteiger partial charge in [0.15, 0.2) is 5.82 Å². The van der Waals surface area contributed by atoms with Gasteiger partial charge in [-0.1, -0.05) is 30.3 Å². The van der Waals surface area contributed by atoms with E-state index in [2.05, 4.69) is 26.0 Å². The number of nitriles is 1. The summed E-state index contributed by atoms with van der Waals surface area (Å²) in [6.45, 7) is 0.627. The summed E-state index contributed by atoms with van der Waals surface area (Å²) < 4.78 is 6.74. The van der Waals surface area contributed by atoms with Crippen LogP contribution in [-0.2, 0) is 0 Å². The van der Waals surface area contributed by atoms with Gasteiger partial charge in [0, 0.05) is 24.5 Å². The molecule has 1 fully saturated rings. The standard InChI is InChI=1S/C28H23N9O2/c1-39-28-31-14-17(15-32-28)19-9-5-10-21-23(19)27(38)37(18-7-3-2-4-8-18)26(35-21)22-11-6-12-36(22)25-20(13-29)24(30)33-16-34-25/h2-5,7-10,14-16,22H,6,11-12H2,1H3,(H2,30,33,34)/t22-/m0/s1. The van der Waals surface area contributed by atoms with Crippen molar-refractivity contribution in [2.24, 2.45) is 0 Å². The van der Waals surface area contributed by atoms with Crippen LogP contribution in [0.5, 0.6) is 6.01 Å². The highest BCUT2D eigenvalue weighted by Crippen LogP contribution is 2.38. The second-order valence-electron chi connectivity index (χ2n) is 9.02. The number of rotatable bonds is 5. The molecule has 0 radical (unpaired) electrons. The number of nitrogens with zero attached hydrogens (tertiary/aromatic N) is 8. The first-order chi connectivity index (χ1) is 19.1. The zero-order valence-electron chi connectivity index (χ0n) is 21.0. The van der Waals surface area contributed by atoms with Gasteiger partial charge in [-0.2, -0.15) is 5.26 Å². The number of nitrogen functional groups attached to an aromatic ring is 1. The molecule has 3 aromatic heterocycles. The quantitative estimate of drug-likeness (QED) is 0.367. The highest BCUT2D eigenvalue weighted by atomic mass is 16.5. The molecule has 6 rings (SSSR count). The lowest BCUT2D eigenvalue weighted by atomic mass is 10.0. The fraction of sp³-hybridized carbons (Fsp3) is 0.179. The number of hydrogen-bond donors (Lipinski definition) is 1. The zero-order chi connectivity index (χ0) is 26.9. The lowest BCUT2D eigenvalue weighted by molar-refractivity contribution is 0.380. The van der Waals surface area contributed by atoms with Crippen molar-refractivity contribution < 1.29 is 4.74 Å². The molecule has 0 amide bonds. The van der Waals surface area contributed by atoms with Crippen LogP contribution >= 0.6 is 0 Å². The molecule has 2 N–H and O–H groups in total. The SMILES string of the molecule is COc1ncc(-c2cccc3nc([C@@H]4CCCN4c4ncnc(N)c4C#N)n(-c4ccccc4)c(=O)c23)cn1. The number of aromatic nitrogens is 6. The molecular weight excluding hydrogens is 494 g/mol. The van der Waals surface area contributed by atoms with Crippen molar-refractivity contribution in [1.82, 2.24) is 29.5 Å².